The molecular weight excluding hydrogens is 328 g/mol. The zero-order valence-corrected chi connectivity index (χ0v) is 11.0. The summed E-state index contributed by atoms with van der Waals surface area (Å²) in [5.74, 6) is -0.179. The summed E-state index contributed by atoms with van der Waals surface area (Å²) in [5, 5.41) is 8.70. The van der Waals surface area contributed by atoms with E-state index in [4.69, 9.17) is 9.84 Å². The highest BCUT2D eigenvalue weighted by molar-refractivity contribution is 9.12. The van der Waals surface area contributed by atoms with Crippen LogP contribution in [0.25, 0.3) is 0 Å². The van der Waals surface area contributed by atoms with Gasteiger partial charge in [-0.15, -0.1) is 0 Å². The first kappa shape index (κ1) is 12.3. The lowest BCUT2D eigenvalue weighted by molar-refractivity contribution is -0.131. The van der Waals surface area contributed by atoms with E-state index in [1.54, 1.807) is 13.0 Å². The van der Waals surface area contributed by atoms with Gasteiger partial charge >= 0.3 is 5.97 Å². The van der Waals surface area contributed by atoms with E-state index >= 15 is 0 Å². The minimum absolute atomic E-state index is 0.0123. The topological polar surface area (TPSA) is 46.5 Å². The minimum Gasteiger partial charge on any atom is -0.477 e. The van der Waals surface area contributed by atoms with Crippen LogP contribution in [-0.2, 0) is 4.79 Å². The van der Waals surface area contributed by atoms with E-state index in [-0.39, 0.29) is 4.48 Å². The highest BCUT2D eigenvalue weighted by Crippen LogP contribution is 2.27. The lowest BCUT2D eigenvalue weighted by Crippen LogP contribution is -2.01. The van der Waals surface area contributed by atoms with Gasteiger partial charge in [-0.05, 0) is 50.9 Å². The maximum Gasteiger partial charge on any atom is 0.346 e. The third-order valence-electron chi connectivity index (χ3n) is 1.60. The third kappa shape index (κ3) is 3.35. The molecule has 3 nitrogen and oxygen atoms in total. The summed E-state index contributed by atoms with van der Waals surface area (Å²) in [6, 6.07) is 7.22. The van der Waals surface area contributed by atoms with Crippen LogP contribution in [0.3, 0.4) is 0 Å². The zero-order valence-electron chi connectivity index (χ0n) is 7.83. The molecule has 0 spiro atoms. The second kappa shape index (κ2) is 5.32. The van der Waals surface area contributed by atoms with Crippen LogP contribution in [0.15, 0.2) is 39.0 Å². The minimum atomic E-state index is -1.06. The molecule has 15 heavy (non-hydrogen) atoms. The SMILES string of the molecule is C/C(Oc1ccccc1Br)=C(\Br)C(=O)O. The van der Waals surface area contributed by atoms with Gasteiger partial charge in [0.15, 0.2) is 0 Å². The molecular formula is C10H8Br2O3. The van der Waals surface area contributed by atoms with E-state index in [0.29, 0.717) is 11.5 Å². The van der Waals surface area contributed by atoms with Gasteiger partial charge in [-0.1, -0.05) is 12.1 Å². The highest BCUT2D eigenvalue weighted by atomic mass is 79.9. The molecule has 1 rings (SSSR count). The normalized spacial score (nSPS) is 11.9. The number of hydrogen-bond donors (Lipinski definition) is 1. The average Bonchev–Trinajstić information content (AvgIpc) is 2.20. The number of ether oxygens (including phenoxy) is 1. The van der Waals surface area contributed by atoms with Crippen molar-refractivity contribution in [2.45, 2.75) is 6.92 Å². The summed E-state index contributed by atoms with van der Waals surface area (Å²) in [5.41, 5.74) is 0. The number of halogens is 2. The smallest absolute Gasteiger partial charge is 0.346 e. The second-order valence-corrected chi connectivity index (χ2v) is 4.36. The number of para-hydroxylation sites is 1. The van der Waals surface area contributed by atoms with E-state index < -0.39 is 5.97 Å². The monoisotopic (exact) mass is 334 g/mol. The average molecular weight is 336 g/mol. The van der Waals surface area contributed by atoms with Gasteiger partial charge in [0, 0.05) is 0 Å². The van der Waals surface area contributed by atoms with Crippen LogP contribution >= 0.6 is 31.9 Å². The summed E-state index contributed by atoms with van der Waals surface area (Å²) in [6.07, 6.45) is 0. The number of hydrogen-bond acceptors (Lipinski definition) is 2. The molecule has 1 aromatic rings. The Morgan fingerprint density at radius 1 is 1.40 bits per heavy atom. The quantitative estimate of drug-likeness (QED) is 0.679. The van der Waals surface area contributed by atoms with Crippen LogP contribution in [0.4, 0.5) is 0 Å². The van der Waals surface area contributed by atoms with Crippen molar-refractivity contribution in [2.24, 2.45) is 0 Å². The van der Waals surface area contributed by atoms with Gasteiger partial charge in [-0.3, -0.25) is 0 Å². The standard InChI is InChI=1S/C10H8Br2O3/c1-6(9(12)10(13)14)15-8-5-3-2-4-7(8)11/h2-5H,1H3,(H,13,14)/b9-6+. The molecule has 80 valence electrons. The molecule has 0 fully saturated rings. The number of rotatable bonds is 3. The lowest BCUT2D eigenvalue weighted by atomic mass is 10.3. The Balaban J connectivity index is 2.93. The number of benzene rings is 1. The molecule has 0 radical (unpaired) electrons. The maximum absolute atomic E-state index is 10.6. The van der Waals surface area contributed by atoms with Gasteiger partial charge in [0.05, 0.1) is 4.47 Å². The number of carbonyl (C=O) groups is 1. The third-order valence-corrected chi connectivity index (χ3v) is 3.15. The fraction of sp³-hybridized carbons (Fsp3) is 0.100. The Kier molecular flexibility index (Phi) is 4.35. The highest BCUT2D eigenvalue weighted by Gasteiger charge is 2.10. The number of aliphatic carboxylic acids is 1. The lowest BCUT2D eigenvalue weighted by Gasteiger charge is -2.08. The van der Waals surface area contributed by atoms with E-state index in [1.165, 1.54) is 0 Å². The number of allylic oxidation sites excluding steroid dienone is 1. The molecule has 1 aromatic carbocycles. The Hall–Kier alpha value is -0.810. The van der Waals surface area contributed by atoms with Gasteiger partial charge in [-0.25, -0.2) is 4.79 Å². The number of carboxylic acid groups (broad SMARTS) is 1. The van der Waals surface area contributed by atoms with Gasteiger partial charge in [0.1, 0.15) is 16.0 Å². The van der Waals surface area contributed by atoms with Crippen LogP contribution in [0.5, 0.6) is 5.75 Å². The Morgan fingerprint density at radius 2 is 2.00 bits per heavy atom. The van der Waals surface area contributed by atoms with E-state index in [0.717, 1.165) is 4.47 Å². The summed E-state index contributed by atoms with van der Waals surface area (Å²) >= 11 is 6.23. The molecule has 0 bridgehead atoms. The molecule has 0 heterocycles. The van der Waals surface area contributed by atoms with Crippen molar-refractivity contribution in [2.75, 3.05) is 0 Å². The second-order valence-electron chi connectivity index (χ2n) is 2.71. The molecule has 0 saturated carbocycles. The van der Waals surface area contributed by atoms with E-state index in [9.17, 15) is 4.79 Å². The van der Waals surface area contributed by atoms with Crippen LogP contribution < -0.4 is 4.74 Å². The van der Waals surface area contributed by atoms with Crippen LogP contribution in [0.2, 0.25) is 0 Å². The molecule has 0 aromatic heterocycles. The largest absolute Gasteiger partial charge is 0.477 e. The maximum atomic E-state index is 10.6. The van der Waals surface area contributed by atoms with Crippen molar-refractivity contribution in [1.29, 1.82) is 0 Å². The summed E-state index contributed by atoms with van der Waals surface area (Å²) in [6.45, 7) is 1.58. The van der Waals surface area contributed by atoms with E-state index in [1.807, 2.05) is 18.2 Å². The van der Waals surface area contributed by atoms with Gasteiger partial charge < -0.3 is 9.84 Å². The van der Waals surface area contributed by atoms with E-state index in [2.05, 4.69) is 31.9 Å². The fourth-order valence-electron chi connectivity index (χ4n) is 0.888. The van der Waals surface area contributed by atoms with Crippen LogP contribution in [-0.4, -0.2) is 11.1 Å². The summed E-state index contributed by atoms with van der Waals surface area (Å²) < 4.78 is 6.16. The fourth-order valence-corrected chi connectivity index (χ4v) is 1.33. The van der Waals surface area contributed by atoms with Crippen molar-refractivity contribution in [3.05, 3.63) is 39.0 Å². The molecule has 0 saturated heterocycles. The molecule has 5 heteroatoms. The van der Waals surface area contributed by atoms with Crippen LogP contribution in [0, 0.1) is 0 Å². The predicted molar refractivity (Wildman–Crippen MR) is 64.0 cm³/mol. The summed E-state index contributed by atoms with van der Waals surface area (Å²) in [7, 11) is 0. The Labute approximate surface area is 104 Å². The molecule has 0 amide bonds. The van der Waals surface area contributed by atoms with Gasteiger partial charge in [0.2, 0.25) is 0 Å². The van der Waals surface area contributed by atoms with Crippen molar-refractivity contribution >= 4 is 37.8 Å². The van der Waals surface area contributed by atoms with Crippen molar-refractivity contribution in [1.82, 2.24) is 0 Å². The van der Waals surface area contributed by atoms with Crippen molar-refractivity contribution in [3.8, 4) is 5.75 Å². The Morgan fingerprint density at radius 3 is 2.53 bits per heavy atom. The molecule has 0 aliphatic rings. The predicted octanol–water partition coefficient (Wildman–Crippen LogP) is 3.54. The van der Waals surface area contributed by atoms with Crippen LogP contribution in [0.1, 0.15) is 6.92 Å². The molecule has 0 aliphatic carbocycles. The molecule has 0 unspecified atom stereocenters. The van der Waals surface area contributed by atoms with Gasteiger partial charge in [0.25, 0.3) is 0 Å². The Bertz CT molecular complexity index is 413. The first-order valence-corrected chi connectivity index (χ1v) is 5.63. The molecule has 1 N–H and O–H groups in total. The first-order chi connectivity index (χ1) is 7.02. The van der Waals surface area contributed by atoms with Crippen molar-refractivity contribution < 1.29 is 14.6 Å². The first-order valence-electron chi connectivity index (χ1n) is 4.04. The zero-order chi connectivity index (χ0) is 11.4. The molecule has 0 atom stereocenters. The number of carboxylic acids is 1. The molecule has 0 aliphatic heterocycles. The van der Waals surface area contributed by atoms with Crippen molar-refractivity contribution in [3.63, 3.8) is 0 Å². The van der Waals surface area contributed by atoms with Gasteiger partial charge in [-0.2, -0.15) is 0 Å². The summed E-state index contributed by atoms with van der Waals surface area (Å²) in [4.78, 5) is 10.6.